The van der Waals surface area contributed by atoms with Crippen molar-refractivity contribution in [3.8, 4) is 5.69 Å². The van der Waals surface area contributed by atoms with Gasteiger partial charge in [0.15, 0.2) is 13.7 Å². The van der Waals surface area contributed by atoms with Gasteiger partial charge in [0.2, 0.25) is 0 Å². The van der Waals surface area contributed by atoms with Gasteiger partial charge in [-0.3, -0.25) is 9.78 Å². The Morgan fingerprint density at radius 2 is 1.76 bits per heavy atom. The minimum atomic E-state index is -2.16. The van der Waals surface area contributed by atoms with E-state index in [1.807, 2.05) is 0 Å². The molecule has 1 atom stereocenters. The molecule has 184 valence electrons. The first-order valence-corrected chi connectivity index (χ1v) is 14.9. The van der Waals surface area contributed by atoms with E-state index in [4.69, 9.17) is 39.2 Å². The van der Waals surface area contributed by atoms with E-state index in [0.717, 1.165) is 0 Å². The number of aliphatic hydroxyl groups is 2. The van der Waals surface area contributed by atoms with Crippen LogP contribution in [0.4, 0.5) is 0 Å². The second-order valence-electron chi connectivity index (χ2n) is 9.77. The molecule has 2 heterocycles. The lowest BCUT2D eigenvalue weighted by molar-refractivity contribution is 0.0950. The summed E-state index contributed by atoms with van der Waals surface area (Å²) in [6.45, 7) is 10.4. The second kappa shape index (κ2) is 10.3. The molecule has 2 N–H and O–H groups in total. The number of aliphatic hydroxyl groups excluding tert-OH is 2. The summed E-state index contributed by atoms with van der Waals surface area (Å²) in [5.41, 5.74) is 1.37. The number of hydrogen-bond acceptors (Lipinski definition) is 5. The van der Waals surface area contributed by atoms with Gasteiger partial charge >= 0.3 is 0 Å². The first kappa shape index (κ1) is 27.1. The highest BCUT2D eigenvalue weighted by atomic mass is 35.5. The standard InChI is InChI=1S/C24H29Cl3N2O4Si/c1-24(2,3)34(4,5)33-13-14-9-20(32)21-19(10-15(31)12-30)28-11-18(27)23(21)29(14)22-16(25)7-6-8-17(22)26/h6-9,11,15,30-31H,10,12-13H2,1-5H3. The van der Waals surface area contributed by atoms with Crippen LogP contribution in [0.15, 0.2) is 35.3 Å². The molecule has 0 radical (unpaired) electrons. The van der Waals surface area contributed by atoms with Gasteiger partial charge in [0.1, 0.15) is 0 Å². The van der Waals surface area contributed by atoms with Crippen LogP contribution in [0, 0.1) is 0 Å². The summed E-state index contributed by atoms with van der Waals surface area (Å²) in [5.74, 6) is 0. The van der Waals surface area contributed by atoms with Crippen LogP contribution < -0.4 is 5.43 Å². The highest BCUT2D eigenvalue weighted by Crippen LogP contribution is 2.39. The van der Waals surface area contributed by atoms with Gasteiger partial charge in [-0.05, 0) is 30.3 Å². The van der Waals surface area contributed by atoms with E-state index in [-0.39, 0.29) is 33.9 Å². The number of nitrogens with zero attached hydrogens (tertiary/aromatic N) is 2. The summed E-state index contributed by atoms with van der Waals surface area (Å²) in [6.07, 6.45) is 0.327. The summed E-state index contributed by atoms with van der Waals surface area (Å²) >= 11 is 19.8. The maximum absolute atomic E-state index is 13.4. The number of halogens is 3. The number of fused-ring (bicyclic) bond motifs is 1. The molecule has 0 spiro atoms. The molecule has 3 aromatic rings. The largest absolute Gasteiger partial charge is 0.411 e. The molecule has 0 amide bonds. The van der Waals surface area contributed by atoms with Crippen LogP contribution in [-0.2, 0) is 17.5 Å². The first-order valence-electron chi connectivity index (χ1n) is 10.9. The van der Waals surface area contributed by atoms with Crippen LogP contribution in [0.1, 0.15) is 32.2 Å². The van der Waals surface area contributed by atoms with Gasteiger partial charge in [-0.1, -0.05) is 61.6 Å². The van der Waals surface area contributed by atoms with Crippen molar-refractivity contribution < 1.29 is 14.6 Å². The van der Waals surface area contributed by atoms with E-state index in [9.17, 15) is 15.0 Å². The van der Waals surface area contributed by atoms with Crippen LogP contribution in [0.2, 0.25) is 33.2 Å². The Balaban J connectivity index is 2.37. The SMILES string of the molecule is CC(C)(C)[Si](C)(C)OCc1cc(=O)c2c(CC(O)CO)ncc(Cl)c2n1-c1c(Cl)cccc1Cl. The lowest BCUT2D eigenvalue weighted by atomic mass is 10.1. The van der Waals surface area contributed by atoms with E-state index < -0.39 is 21.0 Å². The average molecular weight is 544 g/mol. The van der Waals surface area contributed by atoms with Crippen molar-refractivity contribution in [2.75, 3.05) is 6.61 Å². The average Bonchev–Trinajstić information content (AvgIpc) is 2.74. The van der Waals surface area contributed by atoms with Gasteiger partial charge < -0.3 is 19.2 Å². The van der Waals surface area contributed by atoms with Crippen molar-refractivity contribution in [1.82, 2.24) is 9.55 Å². The van der Waals surface area contributed by atoms with Crippen molar-refractivity contribution in [3.05, 3.63) is 67.1 Å². The smallest absolute Gasteiger partial charge is 0.192 e. The molecule has 10 heteroatoms. The highest BCUT2D eigenvalue weighted by molar-refractivity contribution is 6.74. The van der Waals surface area contributed by atoms with Crippen LogP contribution in [0.5, 0.6) is 0 Å². The second-order valence-corrected chi connectivity index (χ2v) is 15.8. The summed E-state index contributed by atoms with van der Waals surface area (Å²) in [7, 11) is -2.16. The van der Waals surface area contributed by atoms with E-state index in [2.05, 4.69) is 38.8 Å². The van der Waals surface area contributed by atoms with Gasteiger partial charge in [-0.15, -0.1) is 0 Å². The zero-order valence-corrected chi connectivity index (χ0v) is 23.1. The van der Waals surface area contributed by atoms with Crippen LogP contribution in [0.3, 0.4) is 0 Å². The topological polar surface area (TPSA) is 84.6 Å². The third kappa shape index (κ3) is 5.36. The van der Waals surface area contributed by atoms with Crippen molar-refractivity contribution >= 4 is 54.0 Å². The molecule has 0 saturated heterocycles. The summed E-state index contributed by atoms with van der Waals surface area (Å²) in [4.78, 5) is 17.6. The number of hydrogen-bond donors (Lipinski definition) is 2. The van der Waals surface area contributed by atoms with Gasteiger partial charge in [-0.2, -0.15) is 0 Å². The minimum absolute atomic E-state index is 0.0184. The number of rotatable bonds is 7. The van der Waals surface area contributed by atoms with Crippen molar-refractivity contribution in [3.63, 3.8) is 0 Å². The van der Waals surface area contributed by atoms with E-state index >= 15 is 0 Å². The molecule has 1 unspecified atom stereocenters. The van der Waals surface area contributed by atoms with Crippen LogP contribution in [0.25, 0.3) is 16.6 Å². The molecule has 0 aliphatic carbocycles. The number of aromatic nitrogens is 2. The molecule has 1 aromatic carbocycles. The van der Waals surface area contributed by atoms with E-state index in [0.29, 0.717) is 32.6 Å². The van der Waals surface area contributed by atoms with Crippen molar-refractivity contribution in [2.45, 2.75) is 58.0 Å². The van der Waals surface area contributed by atoms with Crippen LogP contribution >= 0.6 is 34.8 Å². The molecule has 3 rings (SSSR count). The van der Waals surface area contributed by atoms with Gasteiger partial charge in [0.25, 0.3) is 0 Å². The fraction of sp³-hybridized carbons (Fsp3) is 0.417. The molecular weight excluding hydrogens is 515 g/mol. The van der Waals surface area contributed by atoms with E-state index in [1.54, 1.807) is 22.8 Å². The van der Waals surface area contributed by atoms with Gasteiger partial charge in [-0.25, -0.2) is 0 Å². The fourth-order valence-electron chi connectivity index (χ4n) is 3.40. The third-order valence-corrected chi connectivity index (χ3v) is 11.7. The Labute approximate surface area is 215 Å². The van der Waals surface area contributed by atoms with Gasteiger partial charge in [0.05, 0.1) is 62.4 Å². The molecule has 0 aliphatic rings. The first-order chi connectivity index (χ1) is 15.8. The Hall–Kier alpha value is -1.45. The molecule has 0 saturated carbocycles. The molecule has 0 fully saturated rings. The van der Waals surface area contributed by atoms with Gasteiger partial charge in [0, 0.05) is 18.7 Å². The Bertz CT molecular complexity index is 1250. The van der Waals surface area contributed by atoms with Crippen LogP contribution in [-0.4, -0.2) is 40.8 Å². The molecule has 0 aliphatic heterocycles. The van der Waals surface area contributed by atoms with Crippen molar-refractivity contribution in [1.29, 1.82) is 0 Å². The quantitative estimate of drug-likeness (QED) is 0.370. The Kier molecular flexibility index (Phi) is 8.19. The zero-order chi connectivity index (χ0) is 25.4. The number of para-hydroxylation sites is 1. The van der Waals surface area contributed by atoms with E-state index in [1.165, 1.54) is 12.3 Å². The maximum Gasteiger partial charge on any atom is 0.192 e. The Morgan fingerprint density at radius 3 is 2.32 bits per heavy atom. The normalized spacial score (nSPS) is 13.5. The predicted molar refractivity (Wildman–Crippen MR) is 141 cm³/mol. The summed E-state index contributed by atoms with van der Waals surface area (Å²) in [6, 6.07) is 6.62. The monoisotopic (exact) mass is 542 g/mol. The highest BCUT2D eigenvalue weighted by Gasteiger charge is 2.37. The lowest BCUT2D eigenvalue weighted by Gasteiger charge is -2.36. The Morgan fingerprint density at radius 1 is 1.15 bits per heavy atom. The number of pyridine rings is 2. The van der Waals surface area contributed by atoms with Crippen molar-refractivity contribution in [2.24, 2.45) is 0 Å². The molecule has 6 nitrogen and oxygen atoms in total. The summed E-state index contributed by atoms with van der Waals surface area (Å²) < 4.78 is 8.18. The molecular formula is C24H29Cl3N2O4Si. The number of benzene rings is 1. The molecule has 34 heavy (non-hydrogen) atoms. The maximum atomic E-state index is 13.4. The third-order valence-electron chi connectivity index (χ3n) is 6.33. The summed E-state index contributed by atoms with van der Waals surface area (Å²) in [5, 5.41) is 20.5. The fourth-order valence-corrected chi connectivity index (χ4v) is 5.14. The zero-order valence-electron chi connectivity index (χ0n) is 19.8. The lowest BCUT2D eigenvalue weighted by Crippen LogP contribution is -2.40. The molecule has 2 aromatic heterocycles. The predicted octanol–water partition coefficient (Wildman–Crippen LogP) is 5.76. The molecule has 0 bridgehead atoms. The minimum Gasteiger partial charge on any atom is -0.411 e.